The Kier molecular flexibility index (Phi) is 6.71. The summed E-state index contributed by atoms with van der Waals surface area (Å²) in [6, 6.07) is 0. The Bertz CT molecular complexity index is 42.9. The van der Waals surface area contributed by atoms with E-state index >= 15 is 0 Å². The number of hydrogen-bond acceptors (Lipinski definition) is 4. The maximum absolute atomic E-state index is 2.04. The highest BCUT2D eigenvalue weighted by Crippen LogP contribution is 2.29. The standard InChI is InChI=1S/2C3H6S2/c1-2-5-3-4-1;1-2-4-5-3-1/h2*1-3H2. The predicted molar refractivity (Wildman–Crippen MR) is 59.3 cm³/mol. The fraction of sp³-hybridized carbons (Fsp3) is 1.00. The summed E-state index contributed by atoms with van der Waals surface area (Å²) in [7, 11) is 3.98. The first-order valence-electron chi connectivity index (χ1n) is 3.40. The molecule has 4 heteroatoms. The van der Waals surface area contributed by atoms with Gasteiger partial charge in [-0.1, -0.05) is 21.6 Å². The third-order valence-electron chi connectivity index (χ3n) is 1.08. The minimum atomic E-state index is 1.33. The first-order chi connectivity index (χ1) is 5.00. The highest BCUT2D eigenvalue weighted by molar-refractivity contribution is 8.77. The zero-order valence-corrected chi connectivity index (χ0v) is 9.14. The van der Waals surface area contributed by atoms with Crippen LogP contribution in [0.4, 0.5) is 0 Å². The Hall–Kier alpha value is 1.40. The molecule has 2 saturated heterocycles. The molecule has 0 unspecified atom stereocenters. The van der Waals surface area contributed by atoms with E-state index in [0.29, 0.717) is 0 Å². The van der Waals surface area contributed by atoms with Gasteiger partial charge >= 0.3 is 0 Å². The fourth-order valence-electron chi connectivity index (χ4n) is 0.589. The van der Waals surface area contributed by atoms with E-state index in [-0.39, 0.29) is 0 Å². The lowest BCUT2D eigenvalue weighted by Crippen LogP contribution is -1.64. The second kappa shape index (κ2) is 7.07. The average Bonchev–Trinajstić information content (AvgIpc) is 2.67. The van der Waals surface area contributed by atoms with Gasteiger partial charge in [-0.25, -0.2) is 0 Å². The van der Waals surface area contributed by atoms with Crippen LogP contribution in [-0.4, -0.2) is 28.1 Å². The van der Waals surface area contributed by atoms with E-state index in [2.05, 4.69) is 0 Å². The first-order valence-corrected chi connectivity index (χ1v) is 8.20. The van der Waals surface area contributed by atoms with Crippen molar-refractivity contribution in [3.8, 4) is 0 Å². The zero-order chi connectivity index (χ0) is 7.07. The highest BCUT2D eigenvalue weighted by atomic mass is 33.1. The molecule has 2 fully saturated rings. The normalized spacial score (nSPS) is 24.0. The molecule has 0 N–H and O–H groups in total. The molecule has 2 aliphatic heterocycles. The molecule has 0 bridgehead atoms. The summed E-state index contributed by atoms with van der Waals surface area (Å²) in [5.41, 5.74) is 0. The molecule has 0 aromatic heterocycles. The summed E-state index contributed by atoms with van der Waals surface area (Å²) >= 11 is 4.07. The summed E-state index contributed by atoms with van der Waals surface area (Å²) in [4.78, 5) is 0. The molecule has 0 aromatic rings. The molecule has 10 heavy (non-hydrogen) atoms. The van der Waals surface area contributed by atoms with Crippen molar-refractivity contribution in [3.05, 3.63) is 0 Å². The molecule has 60 valence electrons. The summed E-state index contributed by atoms with van der Waals surface area (Å²) in [6.07, 6.45) is 1.43. The van der Waals surface area contributed by atoms with Gasteiger partial charge in [0, 0.05) is 28.1 Å². The van der Waals surface area contributed by atoms with E-state index < -0.39 is 0 Å². The van der Waals surface area contributed by atoms with Gasteiger partial charge in [-0.3, -0.25) is 0 Å². The monoisotopic (exact) mass is 212 g/mol. The van der Waals surface area contributed by atoms with Gasteiger partial charge in [0.05, 0.1) is 0 Å². The number of rotatable bonds is 0. The molecule has 0 atom stereocenters. The van der Waals surface area contributed by atoms with Gasteiger partial charge in [0.1, 0.15) is 0 Å². The summed E-state index contributed by atoms with van der Waals surface area (Å²) in [6.45, 7) is 0. The first kappa shape index (κ1) is 9.49. The van der Waals surface area contributed by atoms with Crippen LogP contribution in [0.5, 0.6) is 0 Å². The van der Waals surface area contributed by atoms with Crippen LogP contribution in [0, 0.1) is 0 Å². The third-order valence-corrected chi connectivity index (χ3v) is 6.23. The van der Waals surface area contributed by atoms with Crippen molar-refractivity contribution >= 4 is 45.1 Å². The van der Waals surface area contributed by atoms with E-state index in [1.54, 1.807) is 0 Å². The van der Waals surface area contributed by atoms with Crippen LogP contribution in [0.25, 0.3) is 0 Å². The van der Waals surface area contributed by atoms with Crippen LogP contribution in [0.2, 0.25) is 0 Å². The van der Waals surface area contributed by atoms with Crippen LogP contribution in [0.15, 0.2) is 0 Å². The Morgan fingerprint density at radius 1 is 0.700 bits per heavy atom. The molecule has 2 aliphatic rings. The lowest BCUT2D eigenvalue weighted by molar-refractivity contribution is 1.15. The highest BCUT2D eigenvalue weighted by Gasteiger charge is 1.96. The second-order valence-electron chi connectivity index (χ2n) is 1.93. The average molecular weight is 212 g/mol. The molecule has 2 heterocycles. The van der Waals surface area contributed by atoms with E-state index in [1.807, 2.05) is 45.1 Å². The summed E-state index contributed by atoms with van der Waals surface area (Å²) < 4.78 is 0. The maximum atomic E-state index is 2.04. The lowest BCUT2D eigenvalue weighted by atomic mass is 10.6. The zero-order valence-electron chi connectivity index (χ0n) is 5.88. The van der Waals surface area contributed by atoms with Crippen molar-refractivity contribution in [1.29, 1.82) is 0 Å². The quantitative estimate of drug-likeness (QED) is 0.565. The maximum Gasteiger partial charge on any atom is 0.0392 e. The molecule has 0 radical (unpaired) electrons. The minimum Gasteiger partial charge on any atom is -0.150 e. The van der Waals surface area contributed by atoms with E-state index in [0.717, 1.165) is 0 Å². The van der Waals surface area contributed by atoms with Crippen LogP contribution < -0.4 is 0 Å². The fourth-order valence-corrected chi connectivity index (χ4v) is 5.30. The van der Waals surface area contributed by atoms with Crippen molar-refractivity contribution in [1.82, 2.24) is 0 Å². The lowest BCUT2D eigenvalue weighted by Gasteiger charge is -1.69. The SMILES string of the molecule is C1CSCS1.C1CSSC1. The van der Waals surface area contributed by atoms with E-state index in [9.17, 15) is 0 Å². The Morgan fingerprint density at radius 2 is 1.30 bits per heavy atom. The molecule has 0 spiro atoms. The minimum absolute atomic E-state index is 1.33. The van der Waals surface area contributed by atoms with Crippen LogP contribution in [0.3, 0.4) is 0 Å². The van der Waals surface area contributed by atoms with Crippen molar-refractivity contribution in [2.24, 2.45) is 0 Å². The van der Waals surface area contributed by atoms with Gasteiger partial charge in [0.2, 0.25) is 0 Å². The van der Waals surface area contributed by atoms with Gasteiger partial charge in [-0.2, -0.15) is 23.5 Å². The smallest absolute Gasteiger partial charge is 0.0392 e. The summed E-state index contributed by atoms with van der Waals surface area (Å²) in [5, 5.41) is 1.33. The molecule has 0 aliphatic carbocycles. The molecular formula is C6H12S4. The van der Waals surface area contributed by atoms with Gasteiger partial charge < -0.3 is 0 Å². The van der Waals surface area contributed by atoms with Crippen molar-refractivity contribution in [2.75, 3.05) is 28.1 Å². The van der Waals surface area contributed by atoms with Crippen LogP contribution >= 0.6 is 45.1 Å². The Labute approximate surface area is 79.5 Å². The molecule has 0 aromatic carbocycles. The Balaban J connectivity index is 0.0000001000. The van der Waals surface area contributed by atoms with Crippen molar-refractivity contribution in [2.45, 2.75) is 6.42 Å². The number of thioether (sulfide) groups is 2. The van der Waals surface area contributed by atoms with E-state index in [1.165, 1.54) is 34.5 Å². The van der Waals surface area contributed by atoms with Crippen molar-refractivity contribution in [3.63, 3.8) is 0 Å². The molecule has 0 saturated carbocycles. The topological polar surface area (TPSA) is 0 Å². The van der Waals surface area contributed by atoms with Crippen LogP contribution in [0.1, 0.15) is 6.42 Å². The number of hydrogen-bond donors (Lipinski definition) is 0. The third kappa shape index (κ3) is 5.10. The summed E-state index contributed by atoms with van der Waals surface area (Å²) in [5.74, 6) is 5.52. The van der Waals surface area contributed by atoms with Gasteiger partial charge in [-0.05, 0) is 6.42 Å². The van der Waals surface area contributed by atoms with Crippen LogP contribution in [-0.2, 0) is 0 Å². The molecule has 2 rings (SSSR count). The predicted octanol–water partition coefficient (Wildman–Crippen LogP) is 3.20. The molecule has 0 nitrogen and oxygen atoms in total. The van der Waals surface area contributed by atoms with Gasteiger partial charge in [0.25, 0.3) is 0 Å². The van der Waals surface area contributed by atoms with Gasteiger partial charge in [0.15, 0.2) is 0 Å². The van der Waals surface area contributed by atoms with E-state index in [4.69, 9.17) is 0 Å². The van der Waals surface area contributed by atoms with Crippen molar-refractivity contribution < 1.29 is 0 Å². The molecular weight excluding hydrogens is 200 g/mol. The molecule has 0 amide bonds. The second-order valence-corrected chi connectivity index (χ2v) is 7.21. The Morgan fingerprint density at radius 3 is 1.50 bits per heavy atom. The largest absolute Gasteiger partial charge is 0.150 e. The van der Waals surface area contributed by atoms with Gasteiger partial charge in [-0.15, -0.1) is 0 Å².